The third-order valence-electron chi connectivity index (χ3n) is 1.74. The molecule has 76 valence electrons. The molecule has 0 aliphatic heterocycles. The second-order valence-corrected chi connectivity index (χ2v) is 3.18. The fourth-order valence-electron chi connectivity index (χ4n) is 1.08. The molecule has 4 heteroatoms. The molecule has 0 amide bonds. The number of rotatable bonds is 4. The van der Waals surface area contributed by atoms with Crippen LogP contribution >= 0.6 is 11.6 Å². The van der Waals surface area contributed by atoms with E-state index < -0.39 is 0 Å². The van der Waals surface area contributed by atoms with Crippen molar-refractivity contribution in [3.8, 4) is 6.07 Å². The van der Waals surface area contributed by atoms with Crippen LogP contribution in [0.25, 0.3) is 5.70 Å². The van der Waals surface area contributed by atoms with Crippen molar-refractivity contribution in [1.29, 1.82) is 5.26 Å². The van der Waals surface area contributed by atoms with Gasteiger partial charge in [-0.25, -0.2) is 0 Å². The van der Waals surface area contributed by atoms with Crippen LogP contribution in [0, 0.1) is 11.3 Å². The number of nitrogens with zero attached hydrogens (tertiary/aromatic N) is 1. The van der Waals surface area contributed by atoms with Crippen molar-refractivity contribution in [3.63, 3.8) is 0 Å². The number of hydrogen-bond donors (Lipinski definition) is 1. The molecule has 0 aliphatic rings. The van der Waals surface area contributed by atoms with Crippen molar-refractivity contribution in [1.82, 2.24) is 5.32 Å². The van der Waals surface area contributed by atoms with Crippen LogP contribution in [-0.4, -0.2) is 12.8 Å². The van der Waals surface area contributed by atoms with Gasteiger partial charge in [-0.2, -0.15) is 5.26 Å². The number of nitrogens with one attached hydrogen (secondary N) is 1. The molecule has 0 spiro atoms. The fourth-order valence-corrected chi connectivity index (χ4v) is 1.21. The third kappa shape index (κ3) is 3.45. The molecule has 0 saturated carbocycles. The van der Waals surface area contributed by atoms with Crippen LogP contribution in [0.5, 0.6) is 0 Å². The number of aldehydes is 1. The Hall–Kier alpha value is -1.79. The van der Waals surface area contributed by atoms with Crippen molar-refractivity contribution in [2.24, 2.45) is 0 Å². The van der Waals surface area contributed by atoms with E-state index in [1.54, 1.807) is 24.3 Å². The lowest BCUT2D eigenvalue weighted by Gasteiger charge is -2.06. The first-order chi connectivity index (χ1) is 7.27. The van der Waals surface area contributed by atoms with E-state index in [2.05, 4.69) is 5.32 Å². The molecule has 0 aliphatic carbocycles. The highest BCUT2D eigenvalue weighted by Gasteiger charge is 1.99. The van der Waals surface area contributed by atoms with E-state index in [-0.39, 0.29) is 6.54 Å². The molecule has 1 rings (SSSR count). The number of carbonyl (C=O) groups is 1. The van der Waals surface area contributed by atoms with Gasteiger partial charge in [0.15, 0.2) is 0 Å². The van der Waals surface area contributed by atoms with Crippen molar-refractivity contribution >= 4 is 23.6 Å². The number of carbonyl (C=O) groups excluding carboxylic acids is 1. The van der Waals surface area contributed by atoms with Crippen LogP contribution in [0.2, 0.25) is 5.02 Å². The monoisotopic (exact) mass is 220 g/mol. The van der Waals surface area contributed by atoms with E-state index in [9.17, 15) is 4.79 Å². The average Bonchev–Trinajstić information content (AvgIpc) is 2.25. The number of benzene rings is 1. The van der Waals surface area contributed by atoms with Gasteiger partial charge >= 0.3 is 0 Å². The van der Waals surface area contributed by atoms with Gasteiger partial charge in [-0.05, 0) is 17.7 Å². The Labute approximate surface area is 93.0 Å². The first kappa shape index (κ1) is 11.3. The van der Waals surface area contributed by atoms with Crippen LogP contribution in [0.1, 0.15) is 5.56 Å². The van der Waals surface area contributed by atoms with Crippen LogP contribution in [0.4, 0.5) is 0 Å². The Morgan fingerprint density at radius 2 is 2.13 bits per heavy atom. The van der Waals surface area contributed by atoms with Crippen molar-refractivity contribution in [3.05, 3.63) is 40.9 Å². The molecule has 0 aromatic heterocycles. The molecule has 1 N–H and O–H groups in total. The summed E-state index contributed by atoms with van der Waals surface area (Å²) in [5.41, 5.74) is 1.43. The zero-order chi connectivity index (χ0) is 11.1. The van der Waals surface area contributed by atoms with Gasteiger partial charge in [0, 0.05) is 11.1 Å². The predicted molar refractivity (Wildman–Crippen MR) is 59.1 cm³/mol. The third-order valence-corrected chi connectivity index (χ3v) is 1.99. The van der Waals surface area contributed by atoms with Gasteiger partial charge in [-0.1, -0.05) is 23.7 Å². The second kappa shape index (κ2) is 5.84. The molecule has 15 heavy (non-hydrogen) atoms. The fraction of sp³-hybridized carbons (Fsp3) is 0.0909. The molecule has 1 aromatic carbocycles. The zero-order valence-corrected chi connectivity index (χ0v) is 8.66. The van der Waals surface area contributed by atoms with Crippen LogP contribution in [0.3, 0.4) is 0 Å². The lowest BCUT2D eigenvalue weighted by Crippen LogP contribution is -2.14. The maximum atomic E-state index is 10.2. The van der Waals surface area contributed by atoms with Gasteiger partial charge in [-0.15, -0.1) is 0 Å². The minimum Gasteiger partial charge on any atom is -0.377 e. The Kier molecular flexibility index (Phi) is 4.39. The summed E-state index contributed by atoms with van der Waals surface area (Å²) in [5, 5.41) is 12.0. The van der Waals surface area contributed by atoms with Crippen molar-refractivity contribution in [2.45, 2.75) is 0 Å². The van der Waals surface area contributed by atoms with Gasteiger partial charge in [0.1, 0.15) is 6.29 Å². The standard InChI is InChI=1S/C11H9ClN2O/c12-10-3-1-9(2-4-10)11(5-6-13)14-7-8-15/h1-5,8,14H,7H2/b11-5+. The molecule has 0 fully saturated rings. The van der Waals surface area contributed by atoms with E-state index in [0.717, 1.165) is 11.8 Å². The Morgan fingerprint density at radius 1 is 1.47 bits per heavy atom. The lowest BCUT2D eigenvalue weighted by molar-refractivity contribution is -0.107. The summed E-state index contributed by atoms with van der Waals surface area (Å²) in [4.78, 5) is 10.2. The van der Waals surface area contributed by atoms with Crippen LogP contribution in [-0.2, 0) is 4.79 Å². The SMILES string of the molecule is N#C/C=C(/NCC=O)c1ccc(Cl)cc1. The molecular formula is C11H9ClN2O. The number of allylic oxidation sites excluding steroid dienone is 1. The lowest BCUT2D eigenvalue weighted by atomic mass is 10.1. The molecule has 0 unspecified atom stereocenters. The summed E-state index contributed by atoms with van der Waals surface area (Å²) in [6.07, 6.45) is 2.09. The molecule has 3 nitrogen and oxygen atoms in total. The number of hydrogen-bond acceptors (Lipinski definition) is 3. The maximum absolute atomic E-state index is 10.2. The van der Waals surface area contributed by atoms with E-state index in [0.29, 0.717) is 10.7 Å². The topological polar surface area (TPSA) is 52.9 Å². The number of halogens is 1. The molecule has 0 atom stereocenters. The van der Waals surface area contributed by atoms with Gasteiger partial charge in [0.05, 0.1) is 18.3 Å². The first-order valence-corrected chi connectivity index (χ1v) is 4.69. The summed E-state index contributed by atoms with van der Waals surface area (Å²) in [6.45, 7) is 0.177. The highest BCUT2D eigenvalue weighted by molar-refractivity contribution is 6.30. The number of nitriles is 1. The van der Waals surface area contributed by atoms with Gasteiger partial charge in [-0.3, -0.25) is 0 Å². The summed E-state index contributed by atoms with van der Waals surface area (Å²) < 4.78 is 0. The quantitative estimate of drug-likeness (QED) is 0.624. The van der Waals surface area contributed by atoms with Gasteiger partial charge < -0.3 is 10.1 Å². The van der Waals surface area contributed by atoms with E-state index in [1.165, 1.54) is 6.08 Å². The van der Waals surface area contributed by atoms with Gasteiger partial charge in [0.2, 0.25) is 0 Å². The Bertz CT molecular complexity index is 404. The maximum Gasteiger partial charge on any atom is 0.139 e. The Balaban J connectivity index is 2.90. The second-order valence-electron chi connectivity index (χ2n) is 2.74. The minimum absolute atomic E-state index is 0.177. The minimum atomic E-state index is 0.177. The summed E-state index contributed by atoms with van der Waals surface area (Å²) in [5.74, 6) is 0. The highest BCUT2D eigenvalue weighted by Crippen LogP contribution is 2.15. The highest BCUT2D eigenvalue weighted by atomic mass is 35.5. The van der Waals surface area contributed by atoms with E-state index in [1.807, 2.05) is 6.07 Å². The molecule has 0 heterocycles. The first-order valence-electron chi connectivity index (χ1n) is 4.31. The molecular weight excluding hydrogens is 212 g/mol. The van der Waals surface area contributed by atoms with Crippen LogP contribution < -0.4 is 5.32 Å². The van der Waals surface area contributed by atoms with Crippen molar-refractivity contribution < 1.29 is 4.79 Å². The van der Waals surface area contributed by atoms with Gasteiger partial charge in [0.25, 0.3) is 0 Å². The largest absolute Gasteiger partial charge is 0.377 e. The summed E-state index contributed by atoms with van der Waals surface area (Å²) in [6, 6.07) is 8.93. The molecule has 0 saturated heterocycles. The Morgan fingerprint density at radius 3 is 2.67 bits per heavy atom. The average molecular weight is 221 g/mol. The summed E-state index contributed by atoms with van der Waals surface area (Å²) >= 11 is 5.74. The van der Waals surface area contributed by atoms with Crippen LogP contribution in [0.15, 0.2) is 30.3 Å². The molecule has 0 radical (unpaired) electrons. The normalized spacial score (nSPS) is 10.5. The van der Waals surface area contributed by atoms with Crippen molar-refractivity contribution in [2.75, 3.05) is 6.54 Å². The van der Waals surface area contributed by atoms with E-state index >= 15 is 0 Å². The summed E-state index contributed by atoms with van der Waals surface area (Å²) in [7, 11) is 0. The molecule has 0 bridgehead atoms. The zero-order valence-electron chi connectivity index (χ0n) is 7.90. The smallest absolute Gasteiger partial charge is 0.139 e. The predicted octanol–water partition coefficient (Wildman–Crippen LogP) is 1.99. The van der Waals surface area contributed by atoms with E-state index in [4.69, 9.17) is 16.9 Å². The molecule has 1 aromatic rings.